The number of nitro groups is 1. The Morgan fingerprint density at radius 1 is 1.22 bits per heavy atom. The lowest BCUT2D eigenvalue weighted by Gasteiger charge is -2.19. The van der Waals surface area contributed by atoms with Crippen LogP contribution in [0.5, 0.6) is 0 Å². The molecule has 0 aliphatic heterocycles. The maximum Gasteiger partial charge on any atom is 0.338 e. The molecule has 142 valence electrons. The van der Waals surface area contributed by atoms with E-state index in [0.29, 0.717) is 5.56 Å². The van der Waals surface area contributed by atoms with Gasteiger partial charge in [0.15, 0.2) is 12.4 Å². The molecule has 0 atom stereocenters. The van der Waals surface area contributed by atoms with Gasteiger partial charge >= 0.3 is 5.97 Å². The number of carbonyl (C=O) groups is 3. The highest BCUT2D eigenvalue weighted by Crippen LogP contribution is 2.31. The highest BCUT2D eigenvalue weighted by Gasteiger charge is 2.26. The van der Waals surface area contributed by atoms with Crippen molar-refractivity contribution in [2.24, 2.45) is 0 Å². The van der Waals surface area contributed by atoms with Gasteiger partial charge in [0, 0.05) is 11.6 Å². The van der Waals surface area contributed by atoms with Crippen LogP contribution in [0.2, 0.25) is 0 Å². The number of hydrogen-bond donors (Lipinski definition) is 1. The molecule has 27 heavy (non-hydrogen) atoms. The van der Waals surface area contributed by atoms with Gasteiger partial charge in [-0.15, -0.1) is 0 Å². The maximum absolute atomic E-state index is 12.1. The van der Waals surface area contributed by atoms with Crippen LogP contribution in [0, 0.1) is 10.1 Å². The highest BCUT2D eigenvalue weighted by atomic mass is 16.6. The van der Waals surface area contributed by atoms with Crippen molar-refractivity contribution in [3.63, 3.8) is 0 Å². The Morgan fingerprint density at radius 2 is 1.93 bits per heavy atom. The maximum atomic E-state index is 12.1. The van der Waals surface area contributed by atoms with E-state index in [2.05, 4.69) is 0 Å². The second kappa shape index (κ2) is 7.81. The second-order valence-corrected chi connectivity index (χ2v) is 6.67. The number of nitrogens with zero attached hydrogens (tertiary/aromatic N) is 1. The monoisotopic (exact) mass is 374 g/mol. The van der Waals surface area contributed by atoms with Crippen molar-refractivity contribution >= 4 is 23.5 Å². The average molecular weight is 374 g/mol. The number of nitro benzene ring substituents is 1. The molecule has 0 saturated carbocycles. The molecule has 0 aliphatic carbocycles. The van der Waals surface area contributed by atoms with E-state index in [1.54, 1.807) is 0 Å². The molecule has 1 aromatic carbocycles. The zero-order valence-electron chi connectivity index (χ0n) is 15.0. The van der Waals surface area contributed by atoms with E-state index >= 15 is 0 Å². The van der Waals surface area contributed by atoms with Gasteiger partial charge in [-0.3, -0.25) is 25.0 Å². The molecule has 2 aromatic rings. The zero-order valence-corrected chi connectivity index (χ0v) is 15.0. The number of imide groups is 1. The van der Waals surface area contributed by atoms with Crippen molar-refractivity contribution in [2.75, 3.05) is 6.61 Å². The van der Waals surface area contributed by atoms with E-state index in [1.165, 1.54) is 30.5 Å². The van der Waals surface area contributed by atoms with Crippen molar-refractivity contribution in [1.29, 1.82) is 0 Å². The number of benzene rings is 1. The predicted molar refractivity (Wildman–Crippen MR) is 93.3 cm³/mol. The Hall–Kier alpha value is -3.49. The first-order valence-corrected chi connectivity index (χ1v) is 7.93. The lowest BCUT2D eigenvalue weighted by atomic mass is 9.85. The molecule has 2 amide bonds. The Morgan fingerprint density at radius 3 is 2.48 bits per heavy atom. The van der Waals surface area contributed by atoms with E-state index in [1.807, 2.05) is 26.1 Å². The van der Waals surface area contributed by atoms with Crippen LogP contribution in [0.15, 0.2) is 41.0 Å². The van der Waals surface area contributed by atoms with Crippen LogP contribution in [0.25, 0.3) is 0 Å². The SMILES string of the molecule is CC(C)(C)c1ccc(C(=O)OCC(=O)NC(=O)c2ccco2)cc1[N+](=O)[O-]. The fourth-order valence-corrected chi connectivity index (χ4v) is 2.29. The van der Waals surface area contributed by atoms with Crippen LogP contribution in [0.4, 0.5) is 5.69 Å². The number of amides is 2. The molecule has 9 nitrogen and oxygen atoms in total. The standard InChI is InChI=1S/C18H18N2O7/c1-18(2,3)12-7-6-11(9-13(12)20(24)25)17(23)27-10-15(21)19-16(22)14-5-4-8-26-14/h4-9H,10H2,1-3H3,(H,19,21,22). The first-order chi connectivity index (χ1) is 12.6. The van der Waals surface area contributed by atoms with Gasteiger partial charge < -0.3 is 9.15 Å². The molecule has 0 aliphatic rings. The van der Waals surface area contributed by atoms with E-state index in [4.69, 9.17) is 9.15 Å². The molecule has 0 radical (unpaired) electrons. The minimum absolute atomic E-state index is 0.0666. The largest absolute Gasteiger partial charge is 0.459 e. The van der Waals surface area contributed by atoms with Crippen LogP contribution in [-0.4, -0.2) is 29.3 Å². The summed E-state index contributed by atoms with van der Waals surface area (Å²) in [7, 11) is 0. The molecule has 1 heterocycles. The minimum atomic E-state index is -0.917. The molecular formula is C18H18N2O7. The summed E-state index contributed by atoms with van der Waals surface area (Å²) in [6, 6.07) is 6.82. The van der Waals surface area contributed by atoms with Crippen molar-refractivity contribution in [3.8, 4) is 0 Å². The minimum Gasteiger partial charge on any atom is -0.459 e. The van der Waals surface area contributed by atoms with Crippen LogP contribution in [-0.2, 0) is 14.9 Å². The summed E-state index contributed by atoms with van der Waals surface area (Å²) < 4.78 is 9.64. The number of carbonyl (C=O) groups excluding carboxylic acids is 3. The van der Waals surface area contributed by atoms with Crippen molar-refractivity contribution < 1.29 is 28.5 Å². The average Bonchev–Trinajstić information content (AvgIpc) is 3.13. The molecule has 0 saturated heterocycles. The summed E-state index contributed by atoms with van der Waals surface area (Å²) in [5.74, 6) is -2.61. The number of nitrogens with one attached hydrogen (secondary N) is 1. The lowest BCUT2D eigenvalue weighted by molar-refractivity contribution is -0.386. The smallest absolute Gasteiger partial charge is 0.338 e. The van der Waals surface area contributed by atoms with Gasteiger partial charge in [0.2, 0.25) is 0 Å². The summed E-state index contributed by atoms with van der Waals surface area (Å²) in [5, 5.41) is 13.3. The van der Waals surface area contributed by atoms with Crippen molar-refractivity contribution in [2.45, 2.75) is 26.2 Å². The first kappa shape index (κ1) is 19.8. The fourth-order valence-electron chi connectivity index (χ4n) is 2.29. The van der Waals surface area contributed by atoms with Crippen molar-refractivity contribution in [1.82, 2.24) is 5.32 Å². The molecule has 0 bridgehead atoms. The van der Waals surface area contributed by atoms with E-state index in [-0.39, 0.29) is 17.0 Å². The molecular weight excluding hydrogens is 356 g/mol. The lowest BCUT2D eigenvalue weighted by Crippen LogP contribution is -2.34. The third-order valence-corrected chi connectivity index (χ3v) is 3.57. The second-order valence-electron chi connectivity index (χ2n) is 6.67. The molecule has 0 fully saturated rings. The van der Waals surface area contributed by atoms with Gasteiger partial charge in [-0.05, 0) is 23.6 Å². The van der Waals surface area contributed by atoms with E-state index in [9.17, 15) is 24.5 Å². The Balaban J connectivity index is 2.03. The number of esters is 1. The number of furan rings is 1. The summed E-state index contributed by atoms with van der Waals surface area (Å²) >= 11 is 0. The van der Waals surface area contributed by atoms with E-state index in [0.717, 1.165) is 6.07 Å². The topological polar surface area (TPSA) is 129 Å². The Kier molecular flexibility index (Phi) is 5.74. The molecule has 0 unspecified atom stereocenters. The van der Waals surface area contributed by atoms with Gasteiger partial charge in [0.05, 0.1) is 16.7 Å². The summed E-state index contributed by atoms with van der Waals surface area (Å²) in [6.07, 6.45) is 1.27. The molecule has 1 N–H and O–H groups in total. The Labute approximate surface area is 154 Å². The van der Waals surface area contributed by atoms with Crippen LogP contribution in [0.3, 0.4) is 0 Å². The zero-order chi connectivity index (χ0) is 20.2. The third-order valence-electron chi connectivity index (χ3n) is 3.57. The van der Waals surface area contributed by atoms with Gasteiger partial charge in [0.1, 0.15) is 0 Å². The van der Waals surface area contributed by atoms with Gasteiger partial charge in [0.25, 0.3) is 17.5 Å². The van der Waals surface area contributed by atoms with E-state index < -0.39 is 34.7 Å². The fraction of sp³-hybridized carbons (Fsp3) is 0.278. The quantitative estimate of drug-likeness (QED) is 0.484. The summed E-state index contributed by atoms with van der Waals surface area (Å²) in [5.41, 5.74) is -0.309. The van der Waals surface area contributed by atoms with Gasteiger partial charge in [-0.1, -0.05) is 26.8 Å². The molecule has 9 heteroatoms. The van der Waals surface area contributed by atoms with Crippen LogP contribution < -0.4 is 5.32 Å². The number of hydrogen-bond acceptors (Lipinski definition) is 7. The highest BCUT2D eigenvalue weighted by molar-refractivity contribution is 6.04. The van der Waals surface area contributed by atoms with Gasteiger partial charge in [-0.25, -0.2) is 4.79 Å². The molecule has 1 aromatic heterocycles. The number of rotatable bonds is 5. The predicted octanol–water partition coefficient (Wildman–Crippen LogP) is 2.60. The molecule has 2 rings (SSSR count). The van der Waals surface area contributed by atoms with Crippen LogP contribution >= 0.6 is 0 Å². The third kappa shape index (κ3) is 5.00. The van der Waals surface area contributed by atoms with Crippen molar-refractivity contribution in [3.05, 3.63) is 63.6 Å². The van der Waals surface area contributed by atoms with Crippen LogP contribution in [0.1, 0.15) is 47.2 Å². The summed E-state index contributed by atoms with van der Waals surface area (Å²) in [4.78, 5) is 46.1. The van der Waals surface area contributed by atoms with Gasteiger partial charge in [-0.2, -0.15) is 0 Å². The number of ether oxygens (including phenoxy) is 1. The first-order valence-electron chi connectivity index (χ1n) is 7.93. The summed E-state index contributed by atoms with van der Waals surface area (Å²) in [6.45, 7) is 4.72. The Bertz CT molecular complexity index is 880. The molecule has 0 spiro atoms. The normalized spacial score (nSPS) is 10.9.